The van der Waals surface area contributed by atoms with Crippen molar-refractivity contribution in [3.05, 3.63) is 51.5 Å². The molecule has 0 aliphatic heterocycles. The van der Waals surface area contributed by atoms with Crippen molar-refractivity contribution < 1.29 is 5.11 Å². The maximum atomic E-state index is 10.7. The number of guanidine groups is 1. The lowest BCUT2D eigenvalue weighted by Gasteiger charge is -2.22. The van der Waals surface area contributed by atoms with Crippen LogP contribution in [0, 0.1) is 6.92 Å². The van der Waals surface area contributed by atoms with E-state index in [1.165, 1.54) is 10.6 Å². The minimum Gasteiger partial charge on any atom is -0.384 e. The first-order valence-corrected chi connectivity index (χ1v) is 10.0. The number of benzene rings is 1. The SMILES string of the molecule is CCNC(=NCC(C)(O)c1ccccc1)NCCc1nc(CC)c(C)s1.I. The third kappa shape index (κ3) is 7.38. The zero-order valence-electron chi connectivity index (χ0n) is 16.6. The van der Waals surface area contributed by atoms with E-state index in [-0.39, 0.29) is 24.0 Å². The molecular formula is C20H31IN4OS. The van der Waals surface area contributed by atoms with E-state index in [1.807, 2.05) is 37.3 Å². The van der Waals surface area contributed by atoms with Gasteiger partial charge in [0.25, 0.3) is 0 Å². The quantitative estimate of drug-likeness (QED) is 0.293. The summed E-state index contributed by atoms with van der Waals surface area (Å²) in [6.07, 6.45) is 1.85. The Morgan fingerprint density at radius 2 is 1.93 bits per heavy atom. The molecule has 5 nitrogen and oxygen atoms in total. The molecule has 1 aromatic carbocycles. The van der Waals surface area contributed by atoms with E-state index in [1.54, 1.807) is 18.3 Å². The number of aliphatic hydroxyl groups is 1. The molecule has 1 heterocycles. The highest BCUT2D eigenvalue weighted by atomic mass is 127. The van der Waals surface area contributed by atoms with Crippen LogP contribution in [-0.4, -0.2) is 35.7 Å². The fourth-order valence-electron chi connectivity index (χ4n) is 2.67. The summed E-state index contributed by atoms with van der Waals surface area (Å²) in [6.45, 7) is 9.92. The van der Waals surface area contributed by atoms with Gasteiger partial charge in [0.05, 0.1) is 17.2 Å². The van der Waals surface area contributed by atoms with Gasteiger partial charge in [0.2, 0.25) is 0 Å². The molecule has 0 aliphatic carbocycles. The number of halogens is 1. The first kappa shape index (κ1) is 23.8. The van der Waals surface area contributed by atoms with Crippen LogP contribution in [0.3, 0.4) is 0 Å². The van der Waals surface area contributed by atoms with E-state index in [0.717, 1.165) is 36.5 Å². The Labute approximate surface area is 183 Å². The molecule has 2 rings (SSSR count). The van der Waals surface area contributed by atoms with Crippen LogP contribution in [0.25, 0.3) is 0 Å². The highest BCUT2D eigenvalue weighted by Crippen LogP contribution is 2.20. The molecule has 2 aromatic rings. The smallest absolute Gasteiger partial charge is 0.191 e. The molecule has 150 valence electrons. The number of thiazole rings is 1. The maximum absolute atomic E-state index is 10.7. The molecule has 0 bridgehead atoms. The number of hydrogen-bond acceptors (Lipinski definition) is 4. The molecule has 1 atom stereocenters. The number of aliphatic imine (C=N–C) groups is 1. The van der Waals surface area contributed by atoms with Gasteiger partial charge in [0.15, 0.2) is 5.96 Å². The Kier molecular flexibility index (Phi) is 10.3. The molecule has 3 N–H and O–H groups in total. The molecule has 0 spiro atoms. The maximum Gasteiger partial charge on any atom is 0.191 e. The van der Waals surface area contributed by atoms with E-state index in [9.17, 15) is 5.11 Å². The van der Waals surface area contributed by atoms with Crippen LogP contribution in [-0.2, 0) is 18.4 Å². The third-order valence-corrected chi connectivity index (χ3v) is 5.26. The van der Waals surface area contributed by atoms with Gasteiger partial charge < -0.3 is 15.7 Å². The number of aromatic nitrogens is 1. The Morgan fingerprint density at radius 3 is 2.52 bits per heavy atom. The summed E-state index contributed by atoms with van der Waals surface area (Å²) in [5, 5.41) is 18.4. The van der Waals surface area contributed by atoms with Crippen molar-refractivity contribution in [1.29, 1.82) is 0 Å². The largest absolute Gasteiger partial charge is 0.384 e. The fraction of sp³-hybridized carbons (Fsp3) is 0.500. The molecule has 0 amide bonds. The molecule has 27 heavy (non-hydrogen) atoms. The number of aryl methyl sites for hydroxylation is 2. The van der Waals surface area contributed by atoms with Crippen LogP contribution >= 0.6 is 35.3 Å². The zero-order chi connectivity index (χ0) is 19.0. The topological polar surface area (TPSA) is 69.5 Å². The molecule has 0 aliphatic rings. The molecule has 0 fully saturated rings. The Morgan fingerprint density at radius 1 is 1.22 bits per heavy atom. The molecular weight excluding hydrogens is 471 g/mol. The number of nitrogens with zero attached hydrogens (tertiary/aromatic N) is 2. The first-order valence-electron chi connectivity index (χ1n) is 9.21. The monoisotopic (exact) mass is 502 g/mol. The van der Waals surface area contributed by atoms with E-state index < -0.39 is 5.60 Å². The summed E-state index contributed by atoms with van der Waals surface area (Å²) in [5.41, 5.74) is 1.07. The zero-order valence-corrected chi connectivity index (χ0v) is 19.7. The lowest BCUT2D eigenvalue weighted by molar-refractivity contribution is 0.0672. The Hall–Kier alpha value is -1.19. The predicted molar refractivity (Wildman–Crippen MR) is 125 cm³/mol. The van der Waals surface area contributed by atoms with Gasteiger partial charge in [0, 0.05) is 24.4 Å². The molecule has 0 radical (unpaired) electrons. The summed E-state index contributed by atoms with van der Waals surface area (Å²) in [4.78, 5) is 10.5. The van der Waals surface area contributed by atoms with Gasteiger partial charge in [-0.05, 0) is 32.8 Å². The van der Waals surface area contributed by atoms with Crippen molar-refractivity contribution in [2.75, 3.05) is 19.6 Å². The molecule has 1 unspecified atom stereocenters. The van der Waals surface area contributed by atoms with Crippen LogP contribution in [0.2, 0.25) is 0 Å². The molecule has 1 aromatic heterocycles. The highest BCUT2D eigenvalue weighted by molar-refractivity contribution is 14.0. The average Bonchev–Trinajstić information content (AvgIpc) is 3.00. The normalized spacial score (nSPS) is 13.6. The second-order valence-electron chi connectivity index (χ2n) is 6.48. The number of nitrogens with one attached hydrogen (secondary N) is 2. The van der Waals surface area contributed by atoms with Crippen molar-refractivity contribution in [3.63, 3.8) is 0 Å². The Balaban J connectivity index is 0.00000364. The van der Waals surface area contributed by atoms with Gasteiger partial charge in [-0.3, -0.25) is 0 Å². The van der Waals surface area contributed by atoms with Crippen molar-refractivity contribution in [3.8, 4) is 0 Å². The van der Waals surface area contributed by atoms with E-state index in [2.05, 4.69) is 34.5 Å². The van der Waals surface area contributed by atoms with Gasteiger partial charge in [-0.1, -0.05) is 37.3 Å². The summed E-state index contributed by atoms with van der Waals surface area (Å²) in [7, 11) is 0. The van der Waals surface area contributed by atoms with Crippen LogP contribution in [0.5, 0.6) is 0 Å². The van der Waals surface area contributed by atoms with E-state index >= 15 is 0 Å². The van der Waals surface area contributed by atoms with Gasteiger partial charge in [-0.2, -0.15) is 0 Å². The minimum absolute atomic E-state index is 0. The van der Waals surface area contributed by atoms with Gasteiger partial charge >= 0.3 is 0 Å². The Bertz CT molecular complexity index is 716. The number of rotatable bonds is 8. The second-order valence-corrected chi connectivity index (χ2v) is 7.76. The van der Waals surface area contributed by atoms with Gasteiger partial charge in [-0.25, -0.2) is 9.98 Å². The van der Waals surface area contributed by atoms with Crippen LogP contribution in [0.1, 0.15) is 41.9 Å². The predicted octanol–water partition coefficient (Wildman–Crippen LogP) is 3.64. The van der Waals surface area contributed by atoms with E-state index in [4.69, 9.17) is 0 Å². The van der Waals surface area contributed by atoms with Crippen LogP contribution in [0.15, 0.2) is 35.3 Å². The first-order chi connectivity index (χ1) is 12.5. The summed E-state index contributed by atoms with van der Waals surface area (Å²) in [6, 6.07) is 9.64. The number of hydrogen-bond donors (Lipinski definition) is 3. The van der Waals surface area contributed by atoms with Crippen LogP contribution in [0.4, 0.5) is 0 Å². The van der Waals surface area contributed by atoms with Crippen molar-refractivity contribution >= 4 is 41.3 Å². The van der Waals surface area contributed by atoms with E-state index in [0.29, 0.717) is 12.5 Å². The standard InChI is InChI=1S/C20H30N4OS.HI/c1-5-17-15(3)26-18(24-17)12-13-22-19(21-6-2)23-14-20(4,25)16-10-8-7-9-11-16;/h7-11,25H,5-6,12-14H2,1-4H3,(H2,21,22,23);1H. The summed E-state index contributed by atoms with van der Waals surface area (Å²) >= 11 is 1.77. The third-order valence-electron chi connectivity index (χ3n) is 4.19. The second kappa shape index (κ2) is 11.6. The summed E-state index contributed by atoms with van der Waals surface area (Å²) < 4.78 is 0. The van der Waals surface area contributed by atoms with Crippen molar-refractivity contribution in [1.82, 2.24) is 15.6 Å². The van der Waals surface area contributed by atoms with Gasteiger partial charge in [-0.15, -0.1) is 35.3 Å². The van der Waals surface area contributed by atoms with Crippen LogP contribution < -0.4 is 10.6 Å². The lowest BCUT2D eigenvalue weighted by atomic mass is 9.96. The molecule has 7 heteroatoms. The lowest BCUT2D eigenvalue weighted by Crippen LogP contribution is -2.39. The molecule has 0 saturated heterocycles. The average molecular weight is 502 g/mol. The molecule has 0 saturated carbocycles. The van der Waals surface area contributed by atoms with Crippen molar-refractivity contribution in [2.24, 2.45) is 4.99 Å². The van der Waals surface area contributed by atoms with Crippen molar-refractivity contribution in [2.45, 2.75) is 46.1 Å². The summed E-state index contributed by atoms with van der Waals surface area (Å²) in [5.74, 6) is 0.715. The minimum atomic E-state index is -0.994. The van der Waals surface area contributed by atoms with Gasteiger partial charge in [0.1, 0.15) is 5.60 Å². The highest BCUT2D eigenvalue weighted by Gasteiger charge is 2.22. The fourth-order valence-corrected chi connectivity index (χ4v) is 3.69.